The fourth-order valence-electron chi connectivity index (χ4n) is 3.27. The average molecular weight is 355 g/mol. The maximum absolute atomic E-state index is 5.16. The molecule has 26 heavy (non-hydrogen) atoms. The lowest BCUT2D eigenvalue weighted by atomic mass is 9.96. The highest BCUT2D eigenvalue weighted by atomic mass is 16.5. The molecule has 1 saturated heterocycles. The van der Waals surface area contributed by atoms with Crippen LogP contribution in [-0.4, -0.2) is 56.0 Å². The summed E-state index contributed by atoms with van der Waals surface area (Å²) < 4.78 is 7.03. The predicted octanol–water partition coefficient (Wildman–Crippen LogP) is 2.04. The van der Waals surface area contributed by atoms with Crippen molar-refractivity contribution in [2.24, 2.45) is 0 Å². The maximum Gasteiger partial charge on any atom is 0.178 e. The molecule has 0 bridgehead atoms. The van der Waals surface area contributed by atoms with E-state index in [2.05, 4.69) is 45.9 Å². The van der Waals surface area contributed by atoms with Crippen molar-refractivity contribution in [2.75, 3.05) is 31.1 Å². The van der Waals surface area contributed by atoms with Crippen molar-refractivity contribution in [3.05, 3.63) is 35.5 Å². The van der Waals surface area contributed by atoms with Crippen LogP contribution in [0, 0.1) is 6.92 Å². The molecule has 0 unspecified atom stereocenters. The van der Waals surface area contributed by atoms with Gasteiger partial charge in [0, 0.05) is 44.2 Å². The SMILES string of the molecule is Cc1cc(CN2CCN(c3ccc4nnc(C(C)(C)C)n4n3)CC2)no1. The number of fused-ring (bicyclic) bond motifs is 1. The smallest absolute Gasteiger partial charge is 0.178 e. The number of rotatable bonds is 3. The van der Waals surface area contributed by atoms with E-state index in [1.807, 2.05) is 29.6 Å². The summed E-state index contributed by atoms with van der Waals surface area (Å²) in [5.74, 6) is 2.72. The van der Waals surface area contributed by atoms with Crippen LogP contribution in [0.2, 0.25) is 0 Å². The van der Waals surface area contributed by atoms with Crippen molar-refractivity contribution in [3.63, 3.8) is 0 Å². The Balaban J connectivity index is 1.47. The number of aryl methyl sites for hydroxylation is 1. The molecule has 8 nitrogen and oxygen atoms in total. The molecule has 8 heteroatoms. The molecule has 4 heterocycles. The number of hydrogen-bond donors (Lipinski definition) is 0. The van der Waals surface area contributed by atoms with Gasteiger partial charge in [0.1, 0.15) is 11.6 Å². The van der Waals surface area contributed by atoms with Crippen LogP contribution in [-0.2, 0) is 12.0 Å². The Hall–Kier alpha value is -2.48. The van der Waals surface area contributed by atoms with Crippen molar-refractivity contribution in [1.82, 2.24) is 29.9 Å². The summed E-state index contributed by atoms with van der Waals surface area (Å²) in [5, 5.41) is 17.5. The third-order valence-corrected chi connectivity index (χ3v) is 4.68. The van der Waals surface area contributed by atoms with Gasteiger partial charge in [0.05, 0.1) is 5.69 Å². The number of aromatic nitrogens is 5. The molecule has 0 aromatic carbocycles. The zero-order valence-corrected chi connectivity index (χ0v) is 15.8. The molecular weight excluding hydrogens is 330 g/mol. The maximum atomic E-state index is 5.16. The fraction of sp³-hybridized carbons (Fsp3) is 0.556. The summed E-state index contributed by atoms with van der Waals surface area (Å²) in [6.07, 6.45) is 0. The first-order chi connectivity index (χ1) is 12.4. The van der Waals surface area contributed by atoms with Crippen LogP contribution in [0.3, 0.4) is 0 Å². The van der Waals surface area contributed by atoms with E-state index in [9.17, 15) is 0 Å². The predicted molar refractivity (Wildman–Crippen MR) is 98.2 cm³/mol. The number of piperazine rings is 1. The molecule has 1 fully saturated rings. The molecule has 3 aromatic rings. The van der Waals surface area contributed by atoms with E-state index < -0.39 is 0 Å². The summed E-state index contributed by atoms with van der Waals surface area (Å²) in [7, 11) is 0. The zero-order chi connectivity index (χ0) is 18.3. The molecule has 3 aromatic heterocycles. The second kappa shape index (κ2) is 6.35. The van der Waals surface area contributed by atoms with Gasteiger partial charge in [-0.05, 0) is 19.1 Å². The molecule has 0 spiro atoms. The van der Waals surface area contributed by atoms with Gasteiger partial charge in [0.15, 0.2) is 11.5 Å². The second-order valence-corrected chi connectivity index (χ2v) is 7.93. The summed E-state index contributed by atoms with van der Waals surface area (Å²) in [6.45, 7) is 12.9. The van der Waals surface area contributed by atoms with Crippen molar-refractivity contribution >= 4 is 11.5 Å². The van der Waals surface area contributed by atoms with Gasteiger partial charge in [-0.1, -0.05) is 25.9 Å². The van der Waals surface area contributed by atoms with Crippen LogP contribution < -0.4 is 4.90 Å². The summed E-state index contributed by atoms with van der Waals surface area (Å²) >= 11 is 0. The van der Waals surface area contributed by atoms with E-state index in [1.54, 1.807) is 0 Å². The largest absolute Gasteiger partial charge is 0.361 e. The average Bonchev–Trinajstić information content (AvgIpc) is 3.20. The third kappa shape index (κ3) is 3.29. The summed E-state index contributed by atoms with van der Waals surface area (Å²) in [5.41, 5.74) is 1.69. The zero-order valence-electron chi connectivity index (χ0n) is 15.8. The van der Waals surface area contributed by atoms with Gasteiger partial charge < -0.3 is 9.42 Å². The molecule has 138 valence electrons. The minimum Gasteiger partial charge on any atom is -0.361 e. The first-order valence-corrected chi connectivity index (χ1v) is 9.02. The lowest BCUT2D eigenvalue weighted by molar-refractivity contribution is 0.241. The summed E-state index contributed by atoms with van der Waals surface area (Å²) in [4.78, 5) is 4.71. The lowest BCUT2D eigenvalue weighted by Crippen LogP contribution is -2.46. The standard InChI is InChI=1S/C18H25N7O/c1-13-11-14(22-26-13)12-23-7-9-24(10-8-23)16-6-5-15-19-20-17(18(2,3)4)25(15)21-16/h5-6,11H,7-10,12H2,1-4H3. The Morgan fingerprint density at radius 2 is 1.85 bits per heavy atom. The van der Waals surface area contributed by atoms with Gasteiger partial charge in [0.2, 0.25) is 0 Å². The van der Waals surface area contributed by atoms with Gasteiger partial charge in [-0.25, -0.2) is 0 Å². The van der Waals surface area contributed by atoms with E-state index in [1.165, 1.54) is 0 Å². The van der Waals surface area contributed by atoms with Gasteiger partial charge in [0.25, 0.3) is 0 Å². The van der Waals surface area contributed by atoms with Crippen LogP contribution in [0.25, 0.3) is 5.65 Å². The molecule has 0 radical (unpaired) electrons. The minimum absolute atomic E-state index is 0.0978. The molecule has 0 atom stereocenters. The summed E-state index contributed by atoms with van der Waals surface area (Å²) in [6, 6.07) is 6.03. The normalized spacial score (nSPS) is 16.5. The molecule has 0 aliphatic carbocycles. The van der Waals surface area contributed by atoms with E-state index in [0.29, 0.717) is 0 Å². The fourth-order valence-corrected chi connectivity index (χ4v) is 3.27. The number of hydrogen-bond acceptors (Lipinski definition) is 7. The molecule has 0 N–H and O–H groups in total. The topological polar surface area (TPSA) is 75.6 Å². The highest BCUT2D eigenvalue weighted by molar-refractivity contribution is 5.46. The first kappa shape index (κ1) is 17.0. The Morgan fingerprint density at radius 1 is 1.08 bits per heavy atom. The van der Waals surface area contributed by atoms with Gasteiger partial charge in [-0.3, -0.25) is 4.90 Å². The van der Waals surface area contributed by atoms with Crippen LogP contribution in [0.15, 0.2) is 22.7 Å². The minimum atomic E-state index is -0.0978. The van der Waals surface area contributed by atoms with E-state index in [4.69, 9.17) is 9.62 Å². The quantitative estimate of drug-likeness (QED) is 0.711. The van der Waals surface area contributed by atoms with Crippen molar-refractivity contribution in [3.8, 4) is 0 Å². The monoisotopic (exact) mass is 355 g/mol. The molecule has 0 amide bonds. The van der Waals surface area contributed by atoms with Gasteiger partial charge in [-0.2, -0.15) is 4.52 Å². The number of anilines is 1. The molecule has 0 saturated carbocycles. The van der Waals surface area contributed by atoms with E-state index in [-0.39, 0.29) is 5.41 Å². The Bertz CT molecular complexity index is 900. The molecule has 4 rings (SSSR count). The van der Waals surface area contributed by atoms with Gasteiger partial charge in [-0.15, -0.1) is 15.3 Å². The Morgan fingerprint density at radius 3 is 2.50 bits per heavy atom. The molecule has 1 aliphatic heterocycles. The highest BCUT2D eigenvalue weighted by Gasteiger charge is 2.24. The highest BCUT2D eigenvalue weighted by Crippen LogP contribution is 2.22. The van der Waals surface area contributed by atoms with E-state index in [0.717, 1.165) is 61.5 Å². The molecule has 1 aliphatic rings. The number of nitrogens with zero attached hydrogens (tertiary/aromatic N) is 7. The Kier molecular flexibility index (Phi) is 4.14. The van der Waals surface area contributed by atoms with Crippen LogP contribution >= 0.6 is 0 Å². The van der Waals surface area contributed by atoms with E-state index >= 15 is 0 Å². The van der Waals surface area contributed by atoms with Crippen LogP contribution in [0.5, 0.6) is 0 Å². The van der Waals surface area contributed by atoms with Crippen molar-refractivity contribution < 1.29 is 4.52 Å². The van der Waals surface area contributed by atoms with Crippen LogP contribution in [0.4, 0.5) is 5.82 Å². The van der Waals surface area contributed by atoms with Crippen molar-refractivity contribution in [1.29, 1.82) is 0 Å². The van der Waals surface area contributed by atoms with Crippen molar-refractivity contribution in [2.45, 2.75) is 39.7 Å². The third-order valence-electron chi connectivity index (χ3n) is 4.68. The first-order valence-electron chi connectivity index (χ1n) is 9.02. The second-order valence-electron chi connectivity index (χ2n) is 7.93. The lowest BCUT2D eigenvalue weighted by Gasteiger charge is -2.34. The van der Waals surface area contributed by atoms with Crippen LogP contribution in [0.1, 0.15) is 38.0 Å². The van der Waals surface area contributed by atoms with Gasteiger partial charge >= 0.3 is 0 Å². The molecular formula is C18H25N7O. The Labute approximate surface area is 152 Å².